The lowest BCUT2D eigenvalue weighted by atomic mass is 10.1. The van der Waals surface area contributed by atoms with E-state index in [0.717, 1.165) is 13.3 Å². The number of nitrogen functional groups attached to an aromatic ring is 1. The standard InChI is InChI=1S/C9H9F2N3O4/c1-18-6(15)2-4-5(12)3-13-7(9(10)11)8(4)14(16)17/h3,9H,2,12H2,1H3. The number of nitrogens with zero attached hydrogens (tertiary/aromatic N) is 2. The smallest absolute Gasteiger partial charge is 0.310 e. The molecule has 0 spiro atoms. The fourth-order valence-corrected chi connectivity index (χ4v) is 1.34. The van der Waals surface area contributed by atoms with Crippen LogP contribution in [0.2, 0.25) is 0 Å². The highest BCUT2D eigenvalue weighted by Crippen LogP contribution is 2.33. The number of hydrogen-bond donors (Lipinski definition) is 1. The maximum absolute atomic E-state index is 12.6. The Kier molecular flexibility index (Phi) is 4.08. The molecule has 1 heterocycles. The molecule has 18 heavy (non-hydrogen) atoms. The van der Waals surface area contributed by atoms with Gasteiger partial charge in [0.25, 0.3) is 6.43 Å². The topological polar surface area (TPSA) is 108 Å². The van der Waals surface area contributed by atoms with Crippen molar-refractivity contribution in [3.63, 3.8) is 0 Å². The number of hydrogen-bond acceptors (Lipinski definition) is 6. The van der Waals surface area contributed by atoms with Gasteiger partial charge >= 0.3 is 11.7 Å². The molecule has 0 aromatic carbocycles. The number of halogens is 2. The number of aromatic nitrogens is 1. The van der Waals surface area contributed by atoms with Gasteiger partial charge in [-0.05, 0) is 0 Å². The van der Waals surface area contributed by atoms with E-state index in [0.29, 0.717) is 0 Å². The number of carbonyl (C=O) groups excluding carboxylic acids is 1. The summed E-state index contributed by atoms with van der Waals surface area (Å²) < 4.78 is 29.5. The van der Waals surface area contributed by atoms with Crippen LogP contribution < -0.4 is 5.73 Å². The average Bonchev–Trinajstić information content (AvgIpc) is 2.30. The van der Waals surface area contributed by atoms with Gasteiger partial charge in [0.1, 0.15) is 0 Å². The van der Waals surface area contributed by atoms with Crippen LogP contribution in [0.1, 0.15) is 17.7 Å². The minimum absolute atomic E-state index is 0.212. The SMILES string of the molecule is COC(=O)Cc1c(N)cnc(C(F)F)c1[N+](=O)[O-]. The van der Waals surface area contributed by atoms with Crippen LogP contribution in [-0.4, -0.2) is 23.0 Å². The van der Waals surface area contributed by atoms with Gasteiger partial charge in [-0.1, -0.05) is 0 Å². The maximum atomic E-state index is 12.6. The van der Waals surface area contributed by atoms with E-state index in [1.807, 2.05) is 0 Å². The quantitative estimate of drug-likeness (QED) is 0.496. The summed E-state index contributed by atoms with van der Waals surface area (Å²) in [5.41, 5.74) is 2.91. The number of carbonyl (C=O) groups is 1. The monoisotopic (exact) mass is 261 g/mol. The van der Waals surface area contributed by atoms with Crippen LogP contribution in [0.25, 0.3) is 0 Å². The van der Waals surface area contributed by atoms with Crippen molar-refractivity contribution >= 4 is 17.3 Å². The van der Waals surface area contributed by atoms with Crippen LogP contribution in [0.3, 0.4) is 0 Å². The highest BCUT2D eigenvalue weighted by molar-refractivity contribution is 5.77. The Morgan fingerprint density at radius 2 is 2.28 bits per heavy atom. The van der Waals surface area contributed by atoms with Gasteiger partial charge in [-0.15, -0.1) is 0 Å². The van der Waals surface area contributed by atoms with E-state index in [2.05, 4.69) is 9.72 Å². The lowest BCUT2D eigenvalue weighted by Gasteiger charge is -2.08. The normalized spacial score (nSPS) is 10.4. The number of nitrogens with two attached hydrogens (primary N) is 1. The molecule has 1 rings (SSSR count). The largest absolute Gasteiger partial charge is 0.469 e. The molecule has 0 aliphatic carbocycles. The van der Waals surface area contributed by atoms with Gasteiger partial charge in [0.15, 0.2) is 5.69 Å². The third-order valence-corrected chi connectivity index (χ3v) is 2.16. The molecule has 1 aromatic heterocycles. The summed E-state index contributed by atoms with van der Waals surface area (Å²) >= 11 is 0. The molecule has 0 aliphatic rings. The zero-order chi connectivity index (χ0) is 13.9. The number of alkyl halides is 2. The summed E-state index contributed by atoms with van der Waals surface area (Å²) in [5.74, 6) is -0.823. The van der Waals surface area contributed by atoms with Gasteiger partial charge in [0.2, 0.25) is 0 Å². The molecule has 0 atom stereocenters. The van der Waals surface area contributed by atoms with Crippen LogP contribution in [0, 0.1) is 10.1 Å². The first kappa shape index (κ1) is 13.7. The first-order chi connectivity index (χ1) is 8.38. The molecule has 0 unspecified atom stereocenters. The van der Waals surface area contributed by atoms with Gasteiger partial charge in [-0.3, -0.25) is 14.9 Å². The number of methoxy groups -OCH3 is 1. The highest BCUT2D eigenvalue weighted by Gasteiger charge is 2.30. The van der Waals surface area contributed by atoms with Gasteiger partial charge in [-0.25, -0.2) is 13.8 Å². The highest BCUT2D eigenvalue weighted by atomic mass is 19.3. The van der Waals surface area contributed by atoms with E-state index in [1.54, 1.807) is 0 Å². The molecular formula is C9H9F2N3O4. The Morgan fingerprint density at radius 3 is 2.72 bits per heavy atom. The van der Waals surface area contributed by atoms with Crippen molar-refractivity contribution in [3.8, 4) is 0 Å². The van der Waals surface area contributed by atoms with Gasteiger partial charge in [0, 0.05) is 0 Å². The Balaban J connectivity index is 3.41. The molecule has 9 heteroatoms. The molecule has 98 valence electrons. The second kappa shape index (κ2) is 5.34. The molecule has 0 amide bonds. The van der Waals surface area contributed by atoms with Crippen molar-refractivity contribution in [2.24, 2.45) is 0 Å². The molecule has 1 aromatic rings. The average molecular weight is 261 g/mol. The van der Waals surface area contributed by atoms with Crippen LogP contribution in [0.5, 0.6) is 0 Å². The Labute approximate surface area is 99.7 Å². The summed E-state index contributed by atoms with van der Waals surface area (Å²) in [6.45, 7) is 0. The minimum atomic E-state index is -3.14. The predicted octanol–water partition coefficient (Wildman–Crippen LogP) is 1.23. The molecule has 0 aliphatic heterocycles. The molecule has 0 radical (unpaired) electrons. The maximum Gasteiger partial charge on any atom is 0.310 e. The van der Waals surface area contributed by atoms with Crippen molar-refractivity contribution in [3.05, 3.63) is 27.6 Å². The summed E-state index contributed by atoms with van der Waals surface area (Å²) in [6.07, 6.45) is -2.85. The lowest BCUT2D eigenvalue weighted by Crippen LogP contribution is -2.12. The van der Waals surface area contributed by atoms with E-state index >= 15 is 0 Å². The van der Waals surface area contributed by atoms with Crippen molar-refractivity contribution in [1.29, 1.82) is 0 Å². The van der Waals surface area contributed by atoms with Crippen molar-refractivity contribution in [2.75, 3.05) is 12.8 Å². The number of ether oxygens (including phenoxy) is 1. The Bertz CT molecular complexity index is 493. The van der Waals surface area contributed by atoms with Crippen LogP contribution in [0.4, 0.5) is 20.2 Å². The molecule has 7 nitrogen and oxygen atoms in total. The minimum Gasteiger partial charge on any atom is -0.469 e. The van der Waals surface area contributed by atoms with E-state index in [1.165, 1.54) is 0 Å². The van der Waals surface area contributed by atoms with Gasteiger partial charge in [0.05, 0.1) is 35.9 Å². The summed E-state index contributed by atoms with van der Waals surface area (Å²) in [7, 11) is 1.07. The third kappa shape index (κ3) is 2.67. The van der Waals surface area contributed by atoms with Crippen LogP contribution in [0.15, 0.2) is 6.20 Å². The number of esters is 1. The fraction of sp³-hybridized carbons (Fsp3) is 0.333. The molecule has 0 bridgehead atoms. The first-order valence-corrected chi connectivity index (χ1v) is 4.65. The predicted molar refractivity (Wildman–Crippen MR) is 56.0 cm³/mol. The van der Waals surface area contributed by atoms with Crippen molar-refractivity contribution in [1.82, 2.24) is 4.98 Å². The number of nitro groups is 1. The number of anilines is 1. The van der Waals surface area contributed by atoms with E-state index in [9.17, 15) is 23.7 Å². The van der Waals surface area contributed by atoms with E-state index in [4.69, 9.17) is 5.73 Å². The molecule has 0 saturated heterocycles. The Morgan fingerprint density at radius 1 is 1.67 bits per heavy atom. The first-order valence-electron chi connectivity index (χ1n) is 4.65. The van der Waals surface area contributed by atoms with E-state index < -0.39 is 35.1 Å². The van der Waals surface area contributed by atoms with Crippen molar-refractivity contribution < 1.29 is 23.2 Å². The van der Waals surface area contributed by atoms with Crippen LogP contribution >= 0.6 is 0 Å². The third-order valence-electron chi connectivity index (χ3n) is 2.16. The zero-order valence-corrected chi connectivity index (χ0v) is 9.22. The molecular weight excluding hydrogens is 252 g/mol. The molecule has 2 N–H and O–H groups in total. The second-order valence-electron chi connectivity index (χ2n) is 3.24. The zero-order valence-electron chi connectivity index (χ0n) is 9.22. The summed E-state index contributed by atoms with van der Waals surface area (Å²) in [4.78, 5) is 24.1. The molecule has 0 fully saturated rings. The number of pyridine rings is 1. The van der Waals surface area contributed by atoms with Gasteiger partial charge < -0.3 is 10.5 Å². The van der Waals surface area contributed by atoms with Crippen molar-refractivity contribution in [2.45, 2.75) is 12.8 Å². The second-order valence-corrected chi connectivity index (χ2v) is 3.24. The fourth-order valence-electron chi connectivity index (χ4n) is 1.34. The Hall–Kier alpha value is -2.32. The van der Waals surface area contributed by atoms with E-state index in [-0.39, 0.29) is 11.3 Å². The van der Waals surface area contributed by atoms with Crippen LogP contribution in [-0.2, 0) is 16.0 Å². The summed E-state index contributed by atoms with van der Waals surface area (Å²) in [6, 6.07) is 0. The molecule has 0 saturated carbocycles. The van der Waals surface area contributed by atoms with Gasteiger partial charge in [-0.2, -0.15) is 0 Å². The lowest BCUT2D eigenvalue weighted by molar-refractivity contribution is -0.387. The summed E-state index contributed by atoms with van der Waals surface area (Å²) in [5, 5.41) is 10.8. The number of rotatable bonds is 4.